The van der Waals surface area contributed by atoms with Gasteiger partial charge in [0.2, 0.25) is 0 Å². The maximum absolute atomic E-state index is 12.4. The molecule has 0 bridgehead atoms. The van der Waals surface area contributed by atoms with Gasteiger partial charge in [-0.15, -0.1) is 0 Å². The molecule has 28 heavy (non-hydrogen) atoms. The molecule has 0 aromatic heterocycles. The van der Waals surface area contributed by atoms with E-state index < -0.39 is 11.9 Å². The summed E-state index contributed by atoms with van der Waals surface area (Å²) in [5.41, 5.74) is 0.507. The summed E-state index contributed by atoms with van der Waals surface area (Å²) >= 11 is 0. The van der Waals surface area contributed by atoms with Gasteiger partial charge in [-0.25, -0.2) is 9.59 Å². The molecule has 0 unspecified atom stereocenters. The van der Waals surface area contributed by atoms with Gasteiger partial charge in [0.05, 0.1) is 36.5 Å². The quantitative estimate of drug-likeness (QED) is 0.445. The summed E-state index contributed by atoms with van der Waals surface area (Å²) in [6, 6.07) is 6.64. The van der Waals surface area contributed by atoms with E-state index in [1.165, 1.54) is 0 Å². The van der Waals surface area contributed by atoms with Crippen LogP contribution in [0.1, 0.15) is 72.1 Å². The van der Waals surface area contributed by atoms with E-state index in [4.69, 9.17) is 18.9 Å². The second-order valence-electron chi connectivity index (χ2n) is 7.37. The molecule has 6 heteroatoms. The zero-order valence-corrected chi connectivity index (χ0v) is 16.4. The van der Waals surface area contributed by atoms with Gasteiger partial charge in [-0.05, 0) is 63.5 Å². The number of rotatable bonds is 10. The molecule has 0 N–H and O–H groups in total. The minimum atomic E-state index is -0.487. The number of carbonyl (C=O) groups is 2. The van der Waals surface area contributed by atoms with Crippen LogP contribution in [0, 0.1) is 0 Å². The van der Waals surface area contributed by atoms with Gasteiger partial charge in [0.15, 0.2) is 0 Å². The number of esters is 2. The maximum atomic E-state index is 12.4. The lowest BCUT2D eigenvalue weighted by Crippen LogP contribution is -2.16. The Morgan fingerprint density at radius 2 is 1.29 bits per heavy atom. The molecule has 0 spiro atoms. The molecule has 6 nitrogen and oxygen atoms in total. The Morgan fingerprint density at radius 3 is 1.68 bits per heavy atom. The molecular formula is C22H30O6. The number of ether oxygens (including phenoxy) is 4. The molecule has 2 aliphatic rings. The molecule has 0 saturated carbocycles. The third-order valence-corrected chi connectivity index (χ3v) is 5.22. The predicted octanol–water partition coefficient (Wildman–Crippen LogP) is 3.92. The van der Waals surface area contributed by atoms with Crippen LogP contribution in [-0.4, -0.2) is 50.6 Å². The van der Waals surface area contributed by atoms with E-state index in [0.717, 1.165) is 64.6 Å². The first-order chi connectivity index (χ1) is 13.7. The third kappa shape index (κ3) is 6.31. The summed E-state index contributed by atoms with van der Waals surface area (Å²) in [5, 5.41) is 0. The molecule has 1 aromatic carbocycles. The summed E-state index contributed by atoms with van der Waals surface area (Å²) in [4.78, 5) is 24.8. The molecular weight excluding hydrogens is 360 g/mol. The maximum Gasteiger partial charge on any atom is 0.339 e. The fourth-order valence-corrected chi connectivity index (χ4v) is 3.69. The van der Waals surface area contributed by atoms with Crippen molar-refractivity contribution in [1.82, 2.24) is 0 Å². The molecule has 154 valence electrons. The summed E-state index contributed by atoms with van der Waals surface area (Å²) in [5.74, 6) is -0.974. The normalized spacial score (nSPS) is 21.6. The molecule has 3 rings (SSSR count). The first kappa shape index (κ1) is 20.8. The van der Waals surface area contributed by atoms with Gasteiger partial charge in [0, 0.05) is 13.2 Å². The van der Waals surface area contributed by atoms with Crippen molar-refractivity contribution in [2.45, 2.75) is 63.6 Å². The minimum Gasteiger partial charge on any atom is -0.462 e. The summed E-state index contributed by atoms with van der Waals surface area (Å²) in [6.07, 6.45) is 8.24. The van der Waals surface area contributed by atoms with Gasteiger partial charge in [0.1, 0.15) is 0 Å². The number of hydrogen-bond donors (Lipinski definition) is 0. The van der Waals surface area contributed by atoms with E-state index in [-0.39, 0.29) is 23.3 Å². The fraction of sp³-hybridized carbons (Fsp3) is 0.636. The van der Waals surface area contributed by atoms with Crippen molar-refractivity contribution < 1.29 is 28.5 Å². The molecule has 0 amide bonds. The van der Waals surface area contributed by atoms with Crippen molar-refractivity contribution in [3.8, 4) is 0 Å². The van der Waals surface area contributed by atoms with Gasteiger partial charge < -0.3 is 18.9 Å². The van der Waals surface area contributed by atoms with Crippen molar-refractivity contribution in [3.05, 3.63) is 35.4 Å². The number of hydrogen-bond acceptors (Lipinski definition) is 6. The standard InChI is InChI=1S/C22H30O6/c23-21(27-15-5-9-17-7-3-13-25-17)19-11-1-2-12-20(19)22(24)28-16-6-10-18-8-4-14-26-18/h1-2,11-12,17-18H,3-10,13-16H2/t17-,18-/m0/s1. The summed E-state index contributed by atoms with van der Waals surface area (Å²) in [7, 11) is 0. The van der Waals surface area contributed by atoms with Crippen molar-refractivity contribution in [3.63, 3.8) is 0 Å². The van der Waals surface area contributed by atoms with Gasteiger partial charge in [-0.3, -0.25) is 0 Å². The van der Waals surface area contributed by atoms with Crippen LogP contribution in [-0.2, 0) is 18.9 Å². The van der Waals surface area contributed by atoms with Gasteiger partial charge >= 0.3 is 11.9 Å². The summed E-state index contributed by atoms with van der Waals surface area (Å²) in [6.45, 7) is 2.30. The average molecular weight is 390 g/mol. The molecule has 0 aliphatic carbocycles. The molecule has 2 atom stereocenters. The molecule has 2 fully saturated rings. The van der Waals surface area contributed by atoms with E-state index in [1.54, 1.807) is 24.3 Å². The van der Waals surface area contributed by atoms with Gasteiger partial charge in [-0.1, -0.05) is 12.1 Å². The lowest BCUT2D eigenvalue weighted by atomic mass is 10.1. The summed E-state index contributed by atoms with van der Waals surface area (Å²) < 4.78 is 21.8. The van der Waals surface area contributed by atoms with Crippen molar-refractivity contribution in [2.24, 2.45) is 0 Å². The van der Waals surface area contributed by atoms with Crippen LogP contribution in [0.15, 0.2) is 24.3 Å². The first-order valence-corrected chi connectivity index (χ1v) is 10.4. The third-order valence-electron chi connectivity index (χ3n) is 5.22. The Balaban J connectivity index is 1.41. The van der Waals surface area contributed by atoms with Gasteiger partial charge in [-0.2, -0.15) is 0 Å². The van der Waals surface area contributed by atoms with E-state index in [9.17, 15) is 9.59 Å². The van der Waals surface area contributed by atoms with Crippen LogP contribution in [0.2, 0.25) is 0 Å². The largest absolute Gasteiger partial charge is 0.462 e. The smallest absolute Gasteiger partial charge is 0.339 e. The highest BCUT2D eigenvalue weighted by Crippen LogP contribution is 2.18. The lowest BCUT2D eigenvalue weighted by Gasteiger charge is -2.12. The predicted molar refractivity (Wildman–Crippen MR) is 103 cm³/mol. The Morgan fingerprint density at radius 1 is 0.821 bits per heavy atom. The van der Waals surface area contributed by atoms with E-state index in [0.29, 0.717) is 13.2 Å². The van der Waals surface area contributed by atoms with E-state index >= 15 is 0 Å². The second kappa shape index (κ2) is 11.2. The topological polar surface area (TPSA) is 71.1 Å². The lowest BCUT2D eigenvalue weighted by molar-refractivity contribution is 0.0418. The zero-order chi connectivity index (χ0) is 19.6. The SMILES string of the molecule is O=C(OCCC[C@@H]1CCCO1)c1ccccc1C(=O)OCCC[C@@H]1CCCO1. The highest BCUT2D eigenvalue weighted by Gasteiger charge is 2.20. The molecule has 1 aromatic rings. The fourth-order valence-electron chi connectivity index (χ4n) is 3.69. The monoisotopic (exact) mass is 390 g/mol. The first-order valence-electron chi connectivity index (χ1n) is 10.4. The molecule has 2 saturated heterocycles. The van der Waals surface area contributed by atoms with Crippen molar-refractivity contribution in [1.29, 1.82) is 0 Å². The Bertz CT molecular complexity index is 577. The van der Waals surface area contributed by atoms with Crippen LogP contribution in [0.3, 0.4) is 0 Å². The Hall–Kier alpha value is -1.92. The zero-order valence-electron chi connectivity index (χ0n) is 16.4. The van der Waals surface area contributed by atoms with Crippen LogP contribution in [0.25, 0.3) is 0 Å². The molecule has 2 aliphatic heterocycles. The molecule has 0 radical (unpaired) electrons. The molecule has 2 heterocycles. The minimum absolute atomic E-state index is 0.253. The van der Waals surface area contributed by atoms with Crippen LogP contribution in [0.4, 0.5) is 0 Å². The van der Waals surface area contributed by atoms with Crippen LogP contribution >= 0.6 is 0 Å². The Labute approximate surface area is 166 Å². The van der Waals surface area contributed by atoms with Crippen molar-refractivity contribution in [2.75, 3.05) is 26.4 Å². The van der Waals surface area contributed by atoms with Crippen LogP contribution in [0.5, 0.6) is 0 Å². The highest BCUT2D eigenvalue weighted by atomic mass is 16.5. The van der Waals surface area contributed by atoms with E-state index in [2.05, 4.69) is 0 Å². The van der Waals surface area contributed by atoms with Gasteiger partial charge in [0.25, 0.3) is 0 Å². The van der Waals surface area contributed by atoms with E-state index in [1.807, 2.05) is 0 Å². The van der Waals surface area contributed by atoms with Crippen molar-refractivity contribution >= 4 is 11.9 Å². The number of benzene rings is 1. The second-order valence-corrected chi connectivity index (χ2v) is 7.37. The Kier molecular flexibility index (Phi) is 8.30. The average Bonchev–Trinajstić information content (AvgIpc) is 3.42. The van der Waals surface area contributed by atoms with Crippen LogP contribution < -0.4 is 0 Å². The highest BCUT2D eigenvalue weighted by molar-refractivity contribution is 6.03. The number of carbonyl (C=O) groups excluding carboxylic acids is 2.